The van der Waals surface area contributed by atoms with E-state index in [1.807, 2.05) is 5.59 Å². The summed E-state index contributed by atoms with van der Waals surface area (Å²) in [6.45, 7) is 0. The highest BCUT2D eigenvalue weighted by Crippen LogP contribution is 2.41. The molecule has 0 bridgehead atoms. The number of benzene rings is 1. The van der Waals surface area contributed by atoms with Gasteiger partial charge in [-0.1, -0.05) is 18.2 Å². The molecule has 0 radical (unpaired) electrons. The first-order chi connectivity index (χ1) is 7.90. The van der Waals surface area contributed by atoms with Gasteiger partial charge in [-0.25, -0.2) is 0 Å². The second-order valence-corrected chi connectivity index (χ2v) is 4.66. The number of hydrazone groups is 1. The minimum absolute atomic E-state index is 0.720. The molecule has 0 aromatic heterocycles. The van der Waals surface area contributed by atoms with Crippen molar-refractivity contribution < 1.29 is 5.21 Å². The van der Waals surface area contributed by atoms with Gasteiger partial charge < -0.3 is 0 Å². The smallest absolute Gasteiger partial charge is 0.0703 e. The van der Waals surface area contributed by atoms with Gasteiger partial charge in [0.2, 0.25) is 0 Å². The Morgan fingerprint density at radius 3 is 3.06 bits per heavy atom. The molecule has 1 unspecified atom stereocenters. The molecular formula is C13H16N2O. The normalized spacial score (nSPS) is 25.3. The van der Waals surface area contributed by atoms with Crippen molar-refractivity contribution >= 4 is 5.71 Å². The Hall–Kier alpha value is -1.35. The van der Waals surface area contributed by atoms with E-state index in [0.29, 0.717) is 0 Å². The van der Waals surface area contributed by atoms with Crippen molar-refractivity contribution in [2.45, 2.75) is 38.0 Å². The number of nitrogens with one attached hydrogen (secondary N) is 1. The van der Waals surface area contributed by atoms with Gasteiger partial charge in [0.1, 0.15) is 0 Å². The largest absolute Gasteiger partial charge is 0.274 e. The molecule has 1 aromatic carbocycles. The van der Waals surface area contributed by atoms with Crippen molar-refractivity contribution in [3.8, 4) is 0 Å². The summed E-state index contributed by atoms with van der Waals surface area (Å²) in [5.74, 6) is 0.720. The van der Waals surface area contributed by atoms with E-state index in [4.69, 9.17) is 5.21 Å². The van der Waals surface area contributed by atoms with Gasteiger partial charge in [-0.15, -0.1) is 0 Å². The van der Waals surface area contributed by atoms with Crippen molar-refractivity contribution in [3.05, 3.63) is 34.9 Å². The quantitative estimate of drug-likeness (QED) is 0.709. The molecule has 0 aliphatic heterocycles. The van der Waals surface area contributed by atoms with Crippen LogP contribution in [0.25, 0.3) is 0 Å². The van der Waals surface area contributed by atoms with Crippen molar-refractivity contribution in [2.75, 3.05) is 0 Å². The van der Waals surface area contributed by atoms with Gasteiger partial charge in [-0.2, -0.15) is 10.7 Å². The molecule has 0 heterocycles. The van der Waals surface area contributed by atoms with Crippen LogP contribution in [0.15, 0.2) is 23.3 Å². The second kappa shape index (κ2) is 3.91. The molecule has 2 aliphatic rings. The summed E-state index contributed by atoms with van der Waals surface area (Å²) in [6, 6.07) is 6.47. The van der Waals surface area contributed by atoms with Gasteiger partial charge in [0.05, 0.1) is 5.71 Å². The lowest BCUT2D eigenvalue weighted by molar-refractivity contribution is 0.171. The molecule has 1 aromatic rings. The van der Waals surface area contributed by atoms with E-state index < -0.39 is 0 Å². The fraction of sp³-hybridized carbons (Fsp3) is 0.462. The Labute approximate surface area is 95.1 Å². The Kier molecular flexibility index (Phi) is 2.40. The second-order valence-electron chi connectivity index (χ2n) is 4.66. The summed E-state index contributed by atoms with van der Waals surface area (Å²) in [5.41, 5.74) is 7.16. The van der Waals surface area contributed by atoms with Crippen LogP contribution in [0.1, 0.15) is 48.3 Å². The van der Waals surface area contributed by atoms with E-state index >= 15 is 0 Å². The maximum Gasteiger partial charge on any atom is 0.0703 e. The van der Waals surface area contributed by atoms with Gasteiger partial charge >= 0.3 is 0 Å². The highest BCUT2D eigenvalue weighted by atomic mass is 16.5. The highest BCUT2D eigenvalue weighted by Gasteiger charge is 2.28. The monoisotopic (exact) mass is 216 g/mol. The van der Waals surface area contributed by atoms with E-state index in [9.17, 15) is 0 Å². The lowest BCUT2D eigenvalue weighted by Crippen LogP contribution is -2.22. The number of rotatable bonds is 1. The molecule has 84 valence electrons. The average molecular weight is 216 g/mol. The van der Waals surface area contributed by atoms with E-state index in [2.05, 4.69) is 23.3 Å². The summed E-state index contributed by atoms with van der Waals surface area (Å²) in [4.78, 5) is 0. The predicted octanol–water partition coefficient (Wildman–Crippen LogP) is 2.58. The lowest BCUT2D eigenvalue weighted by Gasteiger charge is -2.32. The molecule has 16 heavy (non-hydrogen) atoms. The third kappa shape index (κ3) is 1.43. The van der Waals surface area contributed by atoms with Crippen molar-refractivity contribution in [3.63, 3.8) is 0 Å². The number of hydrogen-bond acceptors (Lipinski definition) is 3. The van der Waals surface area contributed by atoms with E-state index in [0.717, 1.165) is 18.1 Å². The summed E-state index contributed by atoms with van der Waals surface area (Å²) < 4.78 is 0. The minimum Gasteiger partial charge on any atom is -0.274 e. The minimum atomic E-state index is 0.720. The van der Waals surface area contributed by atoms with Gasteiger partial charge in [0.25, 0.3) is 0 Å². The van der Waals surface area contributed by atoms with Crippen LogP contribution >= 0.6 is 0 Å². The Morgan fingerprint density at radius 2 is 2.19 bits per heavy atom. The van der Waals surface area contributed by atoms with Crippen LogP contribution in [0.3, 0.4) is 0 Å². The maximum atomic E-state index is 8.71. The fourth-order valence-electron chi connectivity index (χ4n) is 3.16. The molecule has 2 N–H and O–H groups in total. The van der Waals surface area contributed by atoms with Crippen LogP contribution < -0.4 is 5.59 Å². The maximum absolute atomic E-state index is 8.71. The third-order valence-electron chi connectivity index (χ3n) is 3.83. The van der Waals surface area contributed by atoms with Crippen LogP contribution in [0.5, 0.6) is 0 Å². The summed E-state index contributed by atoms with van der Waals surface area (Å²) in [7, 11) is 0. The van der Waals surface area contributed by atoms with Gasteiger partial charge in [-0.05, 0) is 49.1 Å². The topological polar surface area (TPSA) is 44.6 Å². The fourth-order valence-corrected chi connectivity index (χ4v) is 3.16. The Morgan fingerprint density at radius 1 is 1.25 bits per heavy atom. The van der Waals surface area contributed by atoms with Crippen LogP contribution in [0, 0.1) is 0 Å². The Bertz CT molecular complexity index is 440. The summed E-state index contributed by atoms with van der Waals surface area (Å²) >= 11 is 0. The number of hydrogen-bond donors (Lipinski definition) is 2. The van der Waals surface area contributed by atoms with Gasteiger partial charge in [-0.3, -0.25) is 5.21 Å². The summed E-state index contributed by atoms with van der Waals surface area (Å²) in [6.07, 6.45) is 5.95. The number of nitrogens with zero attached hydrogens (tertiary/aromatic N) is 1. The van der Waals surface area contributed by atoms with E-state index in [1.54, 1.807) is 0 Å². The van der Waals surface area contributed by atoms with Gasteiger partial charge in [0.15, 0.2) is 0 Å². The molecule has 0 amide bonds. The van der Waals surface area contributed by atoms with Crippen LogP contribution in [-0.4, -0.2) is 10.9 Å². The average Bonchev–Trinajstić information content (AvgIpc) is 2.33. The first-order valence-electron chi connectivity index (χ1n) is 5.98. The molecule has 0 saturated heterocycles. The molecule has 3 rings (SSSR count). The lowest BCUT2D eigenvalue weighted by atomic mass is 9.73. The molecule has 0 fully saturated rings. The van der Waals surface area contributed by atoms with Crippen LogP contribution in [0.2, 0.25) is 0 Å². The first-order valence-corrected chi connectivity index (χ1v) is 5.98. The zero-order valence-electron chi connectivity index (χ0n) is 9.24. The molecule has 1 atom stereocenters. The molecule has 0 saturated carbocycles. The molecule has 2 aliphatic carbocycles. The molecule has 0 spiro atoms. The van der Waals surface area contributed by atoms with Crippen LogP contribution in [-0.2, 0) is 6.42 Å². The predicted molar refractivity (Wildman–Crippen MR) is 62.8 cm³/mol. The van der Waals surface area contributed by atoms with E-state index in [-0.39, 0.29) is 0 Å². The SMILES string of the molecule is ON/N=C1/CCC2CCCc3cccc1c32. The van der Waals surface area contributed by atoms with Crippen molar-refractivity contribution in [2.24, 2.45) is 5.10 Å². The Balaban J connectivity index is 2.15. The molecule has 3 heteroatoms. The first kappa shape index (κ1) is 9.85. The summed E-state index contributed by atoms with van der Waals surface area (Å²) in [5, 5.41) is 12.7. The van der Waals surface area contributed by atoms with Gasteiger partial charge in [0, 0.05) is 5.56 Å². The standard InChI is InChI=1S/C13H16N2O/c16-15-14-12-8-7-10-4-1-3-9-5-2-6-11(12)13(9)10/h2,5-6,10,15-16H,1,3-4,7-8H2/b14-12-. The van der Waals surface area contributed by atoms with Crippen molar-refractivity contribution in [1.29, 1.82) is 0 Å². The zero-order valence-corrected chi connectivity index (χ0v) is 9.24. The van der Waals surface area contributed by atoms with E-state index in [1.165, 1.54) is 42.4 Å². The number of aryl methyl sites for hydroxylation is 1. The molecule has 3 nitrogen and oxygen atoms in total. The van der Waals surface area contributed by atoms with Crippen molar-refractivity contribution in [1.82, 2.24) is 5.59 Å². The third-order valence-corrected chi connectivity index (χ3v) is 3.83. The zero-order chi connectivity index (χ0) is 11.0. The van der Waals surface area contributed by atoms with Crippen LogP contribution in [0.4, 0.5) is 0 Å². The highest BCUT2D eigenvalue weighted by molar-refractivity contribution is 6.03. The molecular weight excluding hydrogens is 200 g/mol.